The molecule has 0 saturated heterocycles. The zero-order valence-corrected chi connectivity index (χ0v) is 9.82. The Hall–Kier alpha value is -1.29. The summed E-state index contributed by atoms with van der Waals surface area (Å²) < 4.78 is 5.98. The number of hydrogen-bond acceptors (Lipinski definition) is 2. The molecule has 3 nitrogen and oxygen atoms in total. The van der Waals surface area contributed by atoms with Crippen molar-refractivity contribution in [1.29, 1.82) is 0 Å². The number of aliphatic carboxylic acids is 1. The molecular weight excluding hydrogens is 260 g/mol. The van der Waals surface area contributed by atoms with Gasteiger partial charge in [0.25, 0.3) is 0 Å². The van der Waals surface area contributed by atoms with Crippen LogP contribution >= 0.6 is 15.9 Å². The van der Waals surface area contributed by atoms with Gasteiger partial charge in [-0.05, 0) is 23.8 Å². The van der Waals surface area contributed by atoms with Gasteiger partial charge in [0, 0.05) is 4.47 Å². The molecule has 0 spiro atoms. The van der Waals surface area contributed by atoms with Gasteiger partial charge in [0.05, 0.1) is 13.5 Å². The molecular formula is C11H11BrO3. The molecule has 0 heterocycles. The lowest BCUT2D eigenvalue weighted by molar-refractivity contribution is -0.135. The Morgan fingerprint density at radius 3 is 2.87 bits per heavy atom. The summed E-state index contributed by atoms with van der Waals surface area (Å²) >= 11 is 3.34. The summed E-state index contributed by atoms with van der Waals surface area (Å²) in [5.74, 6) is -0.104. The highest BCUT2D eigenvalue weighted by molar-refractivity contribution is 9.10. The predicted molar refractivity (Wildman–Crippen MR) is 62.0 cm³/mol. The predicted octanol–water partition coefficient (Wildman–Crippen LogP) is 2.95. The Morgan fingerprint density at radius 1 is 1.53 bits per heavy atom. The smallest absolute Gasteiger partial charge is 0.307 e. The molecule has 0 aliphatic carbocycles. The molecule has 0 atom stereocenters. The van der Waals surface area contributed by atoms with Crippen LogP contribution in [0.1, 0.15) is 12.0 Å². The topological polar surface area (TPSA) is 46.5 Å². The van der Waals surface area contributed by atoms with E-state index in [2.05, 4.69) is 15.9 Å². The van der Waals surface area contributed by atoms with Crippen LogP contribution in [0, 0.1) is 0 Å². The van der Waals surface area contributed by atoms with Crippen molar-refractivity contribution < 1.29 is 14.6 Å². The molecule has 1 rings (SSSR count). The van der Waals surface area contributed by atoms with Gasteiger partial charge in [-0.25, -0.2) is 0 Å². The van der Waals surface area contributed by atoms with Crippen LogP contribution in [-0.2, 0) is 4.79 Å². The van der Waals surface area contributed by atoms with Crippen molar-refractivity contribution in [2.75, 3.05) is 7.11 Å². The van der Waals surface area contributed by atoms with E-state index in [0.29, 0.717) is 0 Å². The quantitative estimate of drug-likeness (QED) is 0.915. The minimum Gasteiger partial charge on any atom is -0.497 e. The van der Waals surface area contributed by atoms with Crippen LogP contribution in [0.2, 0.25) is 0 Å². The molecule has 1 aromatic carbocycles. The van der Waals surface area contributed by atoms with Gasteiger partial charge in [-0.2, -0.15) is 0 Å². The van der Waals surface area contributed by atoms with E-state index >= 15 is 0 Å². The number of hydrogen-bond donors (Lipinski definition) is 1. The fraction of sp³-hybridized carbons (Fsp3) is 0.182. The van der Waals surface area contributed by atoms with E-state index < -0.39 is 5.97 Å². The fourth-order valence-corrected chi connectivity index (χ4v) is 1.58. The molecule has 80 valence electrons. The second-order valence-electron chi connectivity index (χ2n) is 2.92. The second kappa shape index (κ2) is 5.56. The van der Waals surface area contributed by atoms with Crippen molar-refractivity contribution >= 4 is 28.0 Å². The number of carbonyl (C=O) groups is 1. The third-order valence-electron chi connectivity index (χ3n) is 1.73. The van der Waals surface area contributed by atoms with E-state index in [1.54, 1.807) is 19.3 Å². The average Bonchev–Trinajstić information content (AvgIpc) is 2.16. The third kappa shape index (κ3) is 4.16. The average molecular weight is 271 g/mol. The first-order valence-corrected chi connectivity index (χ1v) is 5.14. The Balaban J connectivity index is 2.80. The van der Waals surface area contributed by atoms with Gasteiger partial charge in [-0.3, -0.25) is 4.79 Å². The molecule has 0 radical (unpaired) electrons. The maximum atomic E-state index is 10.3. The van der Waals surface area contributed by atoms with Crippen molar-refractivity contribution in [1.82, 2.24) is 0 Å². The first kappa shape index (κ1) is 11.8. The van der Waals surface area contributed by atoms with Crippen LogP contribution in [0.3, 0.4) is 0 Å². The Kier molecular flexibility index (Phi) is 4.37. The Morgan fingerprint density at radius 2 is 2.27 bits per heavy atom. The van der Waals surface area contributed by atoms with Crippen molar-refractivity contribution in [3.8, 4) is 5.75 Å². The number of benzene rings is 1. The molecule has 0 saturated carbocycles. The Bertz CT molecular complexity index is 385. The number of carboxylic acid groups (broad SMARTS) is 1. The number of ether oxygens (including phenoxy) is 1. The summed E-state index contributed by atoms with van der Waals surface area (Å²) in [5, 5.41) is 8.46. The maximum absolute atomic E-state index is 10.3. The zero-order chi connectivity index (χ0) is 11.3. The molecule has 15 heavy (non-hydrogen) atoms. The largest absolute Gasteiger partial charge is 0.497 e. The summed E-state index contributed by atoms with van der Waals surface area (Å²) in [6.45, 7) is 0. The third-order valence-corrected chi connectivity index (χ3v) is 2.19. The van der Waals surface area contributed by atoms with Crippen LogP contribution in [0.4, 0.5) is 0 Å². The van der Waals surface area contributed by atoms with Gasteiger partial charge in [0.2, 0.25) is 0 Å². The van der Waals surface area contributed by atoms with Gasteiger partial charge in [0.15, 0.2) is 0 Å². The molecule has 0 aliphatic heterocycles. The van der Waals surface area contributed by atoms with E-state index in [1.807, 2.05) is 18.2 Å². The van der Waals surface area contributed by atoms with Crippen LogP contribution in [0.15, 0.2) is 28.7 Å². The van der Waals surface area contributed by atoms with E-state index in [4.69, 9.17) is 9.84 Å². The molecule has 0 unspecified atom stereocenters. The molecule has 1 aromatic rings. The molecule has 4 heteroatoms. The standard InChI is InChI=1S/C11H11BrO3/c1-15-10-6-8(5-9(12)7-10)3-2-4-11(13)14/h2-3,5-7H,4H2,1H3,(H,13,14)/b3-2-. The highest BCUT2D eigenvalue weighted by Crippen LogP contribution is 2.22. The van der Waals surface area contributed by atoms with Gasteiger partial charge >= 0.3 is 5.97 Å². The zero-order valence-electron chi connectivity index (χ0n) is 8.24. The van der Waals surface area contributed by atoms with Crippen molar-refractivity contribution in [2.45, 2.75) is 6.42 Å². The summed E-state index contributed by atoms with van der Waals surface area (Å²) in [4.78, 5) is 10.3. The van der Waals surface area contributed by atoms with Crippen LogP contribution in [0.5, 0.6) is 5.75 Å². The first-order chi connectivity index (χ1) is 7.11. The molecule has 0 aliphatic rings. The number of rotatable bonds is 4. The lowest BCUT2D eigenvalue weighted by Crippen LogP contribution is -1.89. The van der Waals surface area contributed by atoms with E-state index in [0.717, 1.165) is 15.8 Å². The SMILES string of the molecule is COc1cc(Br)cc(/C=C\CC(=O)O)c1. The van der Waals surface area contributed by atoms with Crippen molar-refractivity contribution in [2.24, 2.45) is 0 Å². The van der Waals surface area contributed by atoms with E-state index in [-0.39, 0.29) is 6.42 Å². The number of methoxy groups -OCH3 is 1. The second-order valence-corrected chi connectivity index (χ2v) is 3.84. The highest BCUT2D eigenvalue weighted by Gasteiger charge is 1.97. The maximum Gasteiger partial charge on any atom is 0.307 e. The van der Waals surface area contributed by atoms with Crippen LogP contribution in [0.25, 0.3) is 6.08 Å². The van der Waals surface area contributed by atoms with Gasteiger partial charge < -0.3 is 9.84 Å². The monoisotopic (exact) mass is 270 g/mol. The lowest BCUT2D eigenvalue weighted by Gasteiger charge is -2.02. The highest BCUT2D eigenvalue weighted by atomic mass is 79.9. The molecule has 0 bridgehead atoms. The summed E-state index contributed by atoms with van der Waals surface area (Å²) in [7, 11) is 1.59. The fourth-order valence-electron chi connectivity index (χ4n) is 1.09. The van der Waals surface area contributed by atoms with Crippen molar-refractivity contribution in [3.63, 3.8) is 0 Å². The minimum atomic E-state index is -0.840. The van der Waals surface area contributed by atoms with Crippen LogP contribution < -0.4 is 4.74 Å². The minimum absolute atomic E-state index is 0.0226. The van der Waals surface area contributed by atoms with E-state index in [9.17, 15) is 4.79 Å². The van der Waals surface area contributed by atoms with Crippen molar-refractivity contribution in [3.05, 3.63) is 34.3 Å². The number of halogens is 1. The molecule has 0 fully saturated rings. The summed E-state index contributed by atoms with van der Waals surface area (Å²) in [5.41, 5.74) is 0.905. The van der Waals surface area contributed by atoms with E-state index in [1.165, 1.54) is 0 Å². The molecule has 0 aromatic heterocycles. The summed E-state index contributed by atoms with van der Waals surface area (Å²) in [6.07, 6.45) is 3.37. The lowest BCUT2D eigenvalue weighted by atomic mass is 10.2. The normalized spacial score (nSPS) is 10.5. The number of carboxylic acids is 1. The van der Waals surface area contributed by atoms with Gasteiger partial charge in [-0.15, -0.1) is 0 Å². The molecule has 1 N–H and O–H groups in total. The van der Waals surface area contributed by atoms with Gasteiger partial charge in [-0.1, -0.05) is 28.1 Å². The van der Waals surface area contributed by atoms with Gasteiger partial charge in [0.1, 0.15) is 5.75 Å². The Labute approximate surface area is 96.5 Å². The first-order valence-electron chi connectivity index (χ1n) is 4.34. The van der Waals surface area contributed by atoms with Crippen LogP contribution in [-0.4, -0.2) is 18.2 Å². The summed E-state index contributed by atoms with van der Waals surface area (Å²) in [6, 6.07) is 5.57. The molecule has 0 amide bonds.